The van der Waals surface area contributed by atoms with Crippen LogP contribution in [0, 0.1) is 5.41 Å². The van der Waals surface area contributed by atoms with Crippen LogP contribution in [0.2, 0.25) is 0 Å². The summed E-state index contributed by atoms with van der Waals surface area (Å²) in [7, 11) is 0. The van der Waals surface area contributed by atoms with Crippen molar-refractivity contribution in [3.63, 3.8) is 0 Å². The van der Waals surface area contributed by atoms with Gasteiger partial charge >= 0.3 is 0 Å². The van der Waals surface area contributed by atoms with Crippen molar-refractivity contribution in [1.29, 1.82) is 0 Å². The first-order valence-corrected chi connectivity index (χ1v) is 5.19. The summed E-state index contributed by atoms with van der Waals surface area (Å²) in [5.74, 6) is 0. The van der Waals surface area contributed by atoms with Crippen LogP contribution in [-0.4, -0.2) is 17.0 Å². The van der Waals surface area contributed by atoms with E-state index >= 15 is 0 Å². The Kier molecular flexibility index (Phi) is 2.48. The van der Waals surface area contributed by atoms with Crippen LogP contribution in [0.25, 0.3) is 0 Å². The number of allylic oxidation sites excluding steroid dienone is 1. The third kappa shape index (κ3) is 2.26. The lowest BCUT2D eigenvalue weighted by Gasteiger charge is -2.43. The van der Waals surface area contributed by atoms with E-state index in [2.05, 4.69) is 52.6 Å². The fourth-order valence-corrected chi connectivity index (χ4v) is 1.60. The van der Waals surface area contributed by atoms with E-state index in [0.717, 1.165) is 0 Å². The maximum atomic E-state index is 2.45. The summed E-state index contributed by atoms with van der Waals surface area (Å²) in [6.45, 7) is 14.9. The van der Waals surface area contributed by atoms with Gasteiger partial charge < -0.3 is 4.90 Å². The average Bonchev–Trinajstić information content (AvgIpc) is 1.92. The summed E-state index contributed by atoms with van der Waals surface area (Å²) < 4.78 is 0. The molecule has 0 bridgehead atoms. The zero-order valence-corrected chi connectivity index (χ0v) is 9.94. The molecule has 1 nitrogen and oxygen atoms in total. The number of nitrogens with zero attached hydrogens (tertiary/aromatic N) is 1. The van der Waals surface area contributed by atoms with Gasteiger partial charge in [0.1, 0.15) is 0 Å². The second-order valence-electron chi connectivity index (χ2n) is 5.81. The van der Waals surface area contributed by atoms with Gasteiger partial charge in [0.15, 0.2) is 0 Å². The molecule has 0 amide bonds. The van der Waals surface area contributed by atoms with Gasteiger partial charge in [-0.25, -0.2) is 0 Å². The van der Waals surface area contributed by atoms with Gasteiger partial charge in [-0.15, -0.1) is 0 Å². The van der Waals surface area contributed by atoms with Crippen LogP contribution in [0.1, 0.15) is 48.0 Å². The van der Waals surface area contributed by atoms with Crippen LogP contribution in [0.4, 0.5) is 0 Å². The molecule has 0 saturated heterocycles. The minimum Gasteiger partial charge on any atom is -0.373 e. The van der Waals surface area contributed by atoms with Crippen LogP contribution < -0.4 is 0 Å². The van der Waals surface area contributed by atoms with Crippen molar-refractivity contribution in [2.75, 3.05) is 6.54 Å². The maximum Gasteiger partial charge on any atom is 0.0312 e. The minimum atomic E-state index is 0.276. The van der Waals surface area contributed by atoms with Gasteiger partial charge in [-0.3, -0.25) is 0 Å². The molecule has 0 N–H and O–H groups in total. The van der Waals surface area contributed by atoms with Crippen molar-refractivity contribution < 1.29 is 0 Å². The molecule has 1 heterocycles. The smallest absolute Gasteiger partial charge is 0.0312 e. The summed E-state index contributed by atoms with van der Waals surface area (Å²) in [4.78, 5) is 2.45. The predicted octanol–water partition coefficient (Wildman–Crippen LogP) is 3.42. The fourth-order valence-electron chi connectivity index (χ4n) is 1.60. The fraction of sp³-hybridized carbons (Fsp3) is 0.833. The molecule has 1 aliphatic heterocycles. The highest BCUT2D eigenvalue weighted by molar-refractivity contribution is 5.13. The Morgan fingerprint density at radius 3 is 2.23 bits per heavy atom. The molecule has 0 aromatic rings. The molecular weight excluding hydrogens is 158 g/mol. The Bertz CT molecular complexity index is 218. The van der Waals surface area contributed by atoms with E-state index in [4.69, 9.17) is 0 Å². The quantitative estimate of drug-likeness (QED) is 0.553. The van der Waals surface area contributed by atoms with E-state index in [-0.39, 0.29) is 5.54 Å². The van der Waals surface area contributed by atoms with Crippen LogP contribution in [0.5, 0.6) is 0 Å². The number of rotatable bonds is 0. The lowest BCUT2D eigenvalue weighted by atomic mass is 9.79. The highest BCUT2D eigenvalue weighted by Gasteiger charge is 2.29. The largest absolute Gasteiger partial charge is 0.373 e. The van der Waals surface area contributed by atoms with Crippen molar-refractivity contribution in [2.45, 2.75) is 53.5 Å². The Hall–Kier alpha value is -0.460. The standard InChI is InChI=1S/C12H23N/c1-10-9-13(11(2,3)4)8-7-12(10,5)6/h9H,7-8H2,1-6H3. The highest BCUT2D eigenvalue weighted by atomic mass is 15.2. The van der Waals surface area contributed by atoms with Gasteiger partial charge in [-0.2, -0.15) is 0 Å². The molecule has 76 valence electrons. The molecule has 0 aromatic heterocycles. The third-order valence-electron chi connectivity index (χ3n) is 3.26. The van der Waals surface area contributed by atoms with Crippen molar-refractivity contribution in [2.24, 2.45) is 5.41 Å². The van der Waals surface area contributed by atoms with Gasteiger partial charge in [0, 0.05) is 12.1 Å². The third-order valence-corrected chi connectivity index (χ3v) is 3.26. The zero-order valence-electron chi connectivity index (χ0n) is 9.94. The van der Waals surface area contributed by atoms with Crippen molar-refractivity contribution in [3.8, 4) is 0 Å². The Labute approximate surface area is 82.8 Å². The normalized spacial score (nSPS) is 22.9. The summed E-state index contributed by atoms with van der Waals surface area (Å²) in [5, 5.41) is 0. The minimum absolute atomic E-state index is 0.276. The van der Waals surface area contributed by atoms with E-state index < -0.39 is 0 Å². The first-order valence-electron chi connectivity index (χ1n) is 5.19. The van der Waals surface area contributed by atoms with Gasteiger partial charge in [-0.05, 0) is 45.7 Å². The van der Waals surface area contributed by atoms with E-state index in [9.17, 15) is 0 Å². The van der Waals surface area contributed by atoms with Crippen molar-refractivity contribution in [1.82, 2.24) is 4.90 Å². The Morgan fingerprint density at radius 1 is 1.31 bits per heavy atom. The van der Waals surface area contributed by atoms with E-state index in [1.54, 1.807) is 0 Å². The molecule has 0 aliphatic carbocycles. The van der Waals surface area contributed by atoms with E-state index in [1.165, 1.54) is 18.5 Å². The van der Waals surface area contributed by atoms with Crippen LogP contribution >= 0.6 is 0 Å². The molecule has 0 fully saturated rings. The highest BCUT2D eigenvalue weighted by Crippen LogP contribution is 2.35. The van der Waals surface area contributed by atoms with Gasteiger partial charge in [0.2, 0.25) is 0 Å². The molecule has 0 saturated carbocycles. The molecular formula is C12H23N. The van der Waals surface area contributed by atoms with Crippen LogP contribution in [0.3, 0.4) is 0 Å². The number of hydrogen-bond acceptors (Lipinski definition) is 1. The summed E-state index contributed by atoms with van der Waals surface area (Å²) in [5.41, 5.74) is 2.19. The summed E-state index contributed by atoms with van der Waals surface area (Å²) >= 11 is 0. The second-order valence-corrected chi connectivity index (χ2v) is 5.81. The van der Waals surface area contributed by atoms with Crippen LogP contribution in [-0.2, 0) is 0 Å². The second kappa shape index (κ2) is 3.04. The van der Waals surface area contributed by atoms with E-state index in [0.29, 0.717) is 5.41 Å². The summed E-state index contributed by atoms with van der Waals surface area (Å²) in [6.07, 6.45) is 3.61. The molecule has 1 heteroatoms. The topological polar surface area (TPSA) is 3.24 Å². The molecule has 0 unspecified atom stereocenters. The molecule has 13 heavy (non-hydrogen) atoms. The average molecular weight is 181 g/mol. The zero-order chi connectivity index (χ0) is 10.3. The Balaban J connectivity index is 2.84. The molecule has 0 aromatic carbocycles. The van der Waals surface area contributed by atoms with Gasteiger partial charge in [0.05, 0.1) is 0 Å². The van der Waals surface area contributed by atoms with Crippen molar-refractivity contribution in [3.05, 3.63) is 11.8 Å². The molecule has 0 spiro atoms. The SMILES string of the molecule is CC1=CN(C(C)(C)C)CCC1(C)C. The predicted molar refractivity (Wildman–Crippen MR) is 58.6 cm³/mol. The molecule has 0 atom stereocenters. The molecule has 1 aliphatic rings. The molecule has 0 radical (unpaired) electrons. The number of hydrogen-bond donors (Lipinski definition) is 0. The van der Waals surface area contributed by atoms with Gasteiger partial charge in [-0.1, -0.05) is 19.4 Å². The first-order chi connectivity index (χ1) is 5.73. The van der Waals surface area contributed by atoms with Crippen molar-refractivity contribution >= 4 is 0 Å². The monoisotopic (exact) mass is 181 g/mol. The maximum absolute atomic E-state index is 2.45. The Morgan fingerprint density at radius 2 is 1.85 bits per heavy atom. The van der Waals surface area contributed by atoms with Gasteiger partial charge in [0.25, 0.3) is 0 Å². The molecule has 1 rings (SSSR count). The lowest BCUT2D eigenvalue weighted by Crippen LogP contribution is -2.42. The van der Waals surface area contributed by atoms with E-state index in [1.807, 2.05) is 0 Å². The summed E-state index contributed by atoms with van der Waals surface area (Å²) in [6, 6.07) is 0. The lowest BCUT2D eigenvalue weighted by molar-refractivity contribution is 0.159. The first kappa shape index (κ1) is 10.6. The van der Waals surface area contributed by atoms with Crippen LogP contribution in [0.15, 0.2) is 11.8 Å².